The third kappa shape index (κ3) is 7.11. The van der Waals surface area contributed by atoms with Crippen LogP contribution in [0, 0.1) is 17.6 Å². The van der Waals surface area contributed by atoms with Gasteiger partial charge in [0.25, 0.3) is 0 Å². The van der Waals surface area contributed by atoms with Crippen molar-refractivity contribution in [2.24, 2.45) is 5.92 Å². The van der Waals surface area contributed by atoms with Gasteiger partial charge in [-0.05, 0) is 65.9 Å². The SMILES string of the molecule is O=C(NCc1ccc(OCc2ccc(F)cc2)cc1)C1CCN(S(=O)(=O)Cc2ccc(F)cc2)CC1. The van der Waals surface area contributed by atoms with Crippen molar-refractivity contribution in [3.8, 4) is 5.75 Å². The Balaban J connectivity index is 1.20. The van der Waals surface area contributed by atoms with Gasteiger partial charge in [-0.1, -0.05) is 36.4 Å². The molecule has 190 valence electrons. The van der Waals surface area contributed by atoms with Gasteiger partial charge in [0.15, 0.2) is 0 Å². The van der Waals surface area contributed by atoms with Crippen molar-refractivity contribution in [3.63, 3.8) is 0 Å². The number of carbonyl (C=O) groups is 1. The quantitative estimate of drug-likeness (QED) is 0.459. The molecule has 0 saturated carbocycles. The molecule has 3 aromatic rings. The van der Waals surface area contributed by atoms with Crippen LogP contribution in [0.5, 0.6) is 5.75 Å². The molecule has 1 aliphatic heterocycles. The highest BCUT2D eigenvalue weighted by Crippen LogP contribution is 2.22. The largest absolute Gasteiger partial charge is 0.489 e. The van der Waals surface area contributed by atoms with Gasteiger partial charge in [0.05, 0.1) is 5.75 Å². The average molecular weight is 515 g/mol. The Morgan fingerprint density at radius 3 is 1.94 bits per heavy atom. The monoisotopic (exact) mass is 514 g/mol. The summed E-state index contributed by atoms with van der Waals surface area (Å²) >= 11 is 0. The van der Waals surface area contributed by atoms with Crippen LogP contribution >= 0.6 is 0 Å². The minimum absolute atomic E-state index is 0.0952. The second-order valence-corrected chi connectivity index (χ2v) is 10.8. The van der Waals surface area contributed by atoms with Gasteiger partial charge in [0.2, 0.25) is 15.9 Å². The number of rotatable bonds is 9. The molecule has 0 radical (unpaired) electrons. The number of nitrogens with zero attached hydrogens (tertiary/aromatic N) is 1. The number of sulfonamides is 1. The third-order valence-corrected chi connectivity index (χ3v) is 8.04. The van der Waals surface area contributed by atoms with Crippen molar-refractivity contribution in [1.29, 1.82) is 0 Å². The molecule has 0 aliphatic carbocycles. The predicted octanol–water partition coefficient (Wildman–Crippen LogP) is 4.40. The van der Waals surface area contributed by atoms with E-state index in [1.807, 2.05) is 24.3 Å². The molecule has 1 N–H and O–H groups in total. The molecule has 1 heterocycles. The van der Waals surface area contributed by atoms with Crippen molar-refractivity contribution >= 4 is 15.9 Å². The lowest BCUT2D eigenvalue weighted by Crippen LogP contribution is -2.43. The Labute approximate surface area is 210 Å². The fourth-order valence-electron chi connectivity index (χ4n) is 4.06. The van der Waals surface area contributed by atoms with Gasteiger partial charge >= 0.3 is 0 Å². The van der Waals surface area contributed by atoms with E-state index in [1.165, 1.54) is 40.7 Å². The normalized spacial score (nSPS) is 14.9. The Morgan fingerprint density at radius 1 is 0.833 bits per heavy atom. The molecule has 9 heteroatoms. The fourth-order valence-corrected chi connectivity index (χ4v) is 5.63. The number of hydrogen-bond acceptors (Lipinski definition) is 4. The molecule has 4 rings (SSSR count). The van der Waals surface area contributed by atoms with E-state index in [4.69, 9.17) is 4.74 Å². The van der Waals surface area contributed by atoms with Crippen molar-refractivity contribution in [2.45, 2.75) is 31.7 Å². The second-order valence-electron chi connectivity index (χ2n) is 8.83. The summed E-state index contributed by atoms with van der Waals surface area (Å²) in [6, 6.07) is 18.9. The molecule has 6 nitrogen and oxygen atoms in total. The van der Waals surface area contributed by atoms with Crippen LogP contribution in [0.15, 0.2) is 72.8 Å². The molecular formula is C27H28F2N2O4S. The summed E-state index contributed by atoms with van der Waals surface area (Å²) < 4.78 is 58.6. The van der Waals surface area contributed by atoms with Crippen LogP contribution in [0.3, 0.4) is 0 Å². The highest BCUT2D eigenvalue weighted by atomic mass is 32.2. The first-order valence-electron chi connectivity index (χ1n) is 11.7. The van der Waals surface area contributed by atoms with Gasteiger partial charge in [-0.2, -0.15) is 0 Å². The summed E-state index contributed by atoms with van der Waals surface area (Å²) in [5.41, 5.74) is 2.31. The van der Waals surface area contributed by atoms with E-state index in [1.54, 1.807) is 12.1 Å². The van der Waals surface area contributed by atoms with Gasteiger partial charge < -0.3 is 10.1 Å². The summed E-state index contributed by atoms with van der Waals surface area (Å²) in [6.07, 6.45) is 0.898. The zero-order valence-corrected chi connectivity index (χ0v) is 20.5. The van der Waals surface area contributed by atoms with Crippen LogP contribution in [0.25, 0.3) is 0 Å². The van der Waals surface area contributed by atoms with Crippen molar-refractivity contribution in [3.05, 3.63) is 101 Å². The van der Waals surface area contributed by atoms with Crippen molar-refractivity contribution in [2.75, 3.05) is 13.1 Å². The van der Waals surface area contributed by atoms with Crippen molar-refractivity contribution in [1.82, 2.24) is 9.62 Å². The minimum Gasteiger partial charge on any atom is -0.489 e. The van der Waals surface area contributed by atoms with Gasteiger partial charge in [0.1, 0.15) is 24.0 Å². The topological polar surface area (TPSA) is 75.7 Å². The third-order valence-electron chi connectivity index (χ3n) is 6.19. The maximum absolute atomic E-state index is 13.1. The molecule has 0 bridgehead atoms. The first kappa shape index (κ1) is 25.8. The zero-order valence-electron chi connectivity index (χ0n) is 19.7. The summed E-state index contributed by atoms with van der Waals surface area (Å²) in [5, 5.41) is 2.93. The number of halogens is 2. The Kier molecular flexibility index (Phi) is 8.32. The van der Waals surface area contributed by atoms with Crippen LogP contribution in [-0.4, -0.2) is 31.7 Å². The smallest absolute Gasteiger partial charge is 0.223 e. The van der Waals surface area contributed by atoms with Crippen LogP contribution in [0.1, 0.15) is 29.5 Å². The Hall–Kier alpha value is -3.30. The molecule has 36 heavy (non-hydrogen) atoms. The van der Waals surface area contributed by atoms with E-state index >= 15 is 0 Å². The molecular weight excluding hydrogens is 486 g/mol. The first-order valence-corrected chi connectivity index (χ1v) is 13.4. The summed E-state index contributed by atoms with van der Waals surface area (Å²) in [5.74, 6) is -0.559. The van der Waals surface area contributed by atoms with Gasteiger partial charge in [-0.25, -0.2) is 21.5 Å². The zero-order chi connectivity index (χ0) is 25.5. The van der Waals surface area contributed by atoms with Crippen molar-refractivity contribution < 1.29 is 26.7 Å². The lowest BCUT2D eigenvalue weighted by molar-refractivity contribution is -0.126. The van der Waals surface area contributed by atoms with E-state index in [-0.39, 0.29) is 36.5 Å². The van der Waals surface area contributed by atoms with Crippen LogP contribution in [0.2, 0.25) is 0 Å². The van der Waals surface area contributed by atoms with E-state index in [0.717, 1.165) is 11.1 Å². The number of benzene rings is 3. The maximum atomic E-state index is 13.1. The summed E-state index contributed by atoms with van der Waals surface area (Å²) in [6.45, 7) is 1.25. The predicted molar refractivity (Wildman–Crippen MR) is 132 cm³/mol. The first-order chi connectivity index (χ1) is 17.3. The highest BCUT2D eigenvalue weighted by Gasteiger charge is 2.31. The summed E-state index contributed by atoms with van der Waals surface area (Å²) in [4.78, 5) is 12.6. The molecule has 0 unspecified atom stereocenters. The van der Waals surface area contributed by atoms with Crippen LogP contribution < -0.4 is 10.1 Å². The molecule has 0 spiro atoms. The second kappa shape index (κ2) is 11.6. The molecule has 1 amide bonds. The maximum Gasteiger partial charge on any atom is 0.223 e. The summed E-state index contributed by atoms with van der Waals surface area (Å²) in [7, 11) is -3.53. The number of hydrogen-bond donors (Lipinski definition) is 1. The standard InChI is InChI=1S/C27H28F2N2O4S/c28-24-7-1-21(2-8-24)18-35-26-11-5-20(6-12-26)17-30-27(32)23-13-15-31(16-14-23)36(33,34)19-22-3-9-25(29)10-4-22/h1-12,23H,13-19H2,(H,30,32). The molecule has 1 aliphatic rings. The van der Waals surface area contributed by atoms with Gasteiger partial charge in [-0.3, -0.25) is 4.79 Å². The number of carbonyl (C=O) groups excluding carboxylic acids is 1. The number of piperidine rings is 1. The van der Waals surface area contributed by atoms with Crippen LogP contribution in [0.4, 0.5) is 8.78 Å². The number of ether oxygens (including phenoxy) is 1. The number of amides is 1. The Bertz CT molecular complexity index is 1260. The molecule has 1 fully saturated rings. The van der Waals surface area contributed by atoms with Gasteiger partial charge in [0, 0.05) is 25.6 Å². The lowest BCUT2D eigenvalue weighted by Gasteiger charge is -2.30. The Morgan fingerprint density at radius 2 is 1.36 bits per heavy atom. The van der Waals surface area contributed by atoms with E-state index < -0.39 is 15.8 Å². The number of nitrogens with one attached hydrogen (secondary N) is 1. The van der Waals surface area contributed by atoms with Gasteiger partial charge in [-0.15, -0.1) is 0 Å². The highest BCUT2D eigenvalue weighted by molar-refractivity contribution is 7.88. The fraction of sp³-hybridized carbons (Fsp3) is 0.296. The molecule has 0 atom stereocenters. The van der Waals surface area contributed by atoms with E-state index in [0.29, 0.717) is 37.3 Å². The molecule has 1 saturated heterocycles. The minimum atomic E-state index is -3.53. The molecule has 3 aromatic carbocycles. The van der Waals surface area contributed by atoms with E-state index in [9.17, 15) is 22.0 Å². The van der Waals surface area contributed by atoms with Crippen LogP contribution in [-0.2, 0) is 33.7 Å². The average Bonchev–Trinajstić information content (AvgIpc) is 2.89. The lowest BCUT2D eigenvalue weighted by atomic mass is 9.97. The molecule has 0 aromatic heterocycles. The van der Waals surface area contributed by atoms with E-state index in [2.05, 4.69) is 5.32 Å².